The van der Waals surface area contributed by atoms with Crippen molar-refractivity contribution in [1.82, 2.24) is 5.32 Å². The molecule has 2 heteroatoms. The van der Waals surface area contributed by atoms with E-state index >= 15 is 0 Å². The summed E-state index contributed by atoms with van der Waals surface area (Å²) in [4.78, 5) is 0. The smallest absolute Gasteiger partial charge is 0.0428 e. The Hall–Kier alpha value is -0.0800. The highest BCUT2D eigenvalue weighted by Crippen LogP contribution is 1.39. The molecule has 0 atom stereocenters. The summed E-state index contributed by atoms with van der Waals surface area (Å²) in [6.07, 6.45) is 0. The normalized spacial score (nSPS) is 4.67. The zero-order valence-corrected chi connectivity index (χ0v) is 3.49. The first-order valence-electron chi connectivity index (χ1n) is 1.82. The summed E-state index contributed by atoms with van der Waals surface area (Å²) in [7, 11) is 0. The van der Waals surface area contributed by atoms with Crippen LogP contribution in [0.4, 0.5) is 0 Å². The monoisotopic (exact) mass is 138 g/mol. The molecule has 0 radical (unpaired) electrons. The number of hydrogen-bond donors (Lipinski definition) is 2. The molecule has 0 aromatic heterocycles. The second kappa shape index (κ2) is 44.5. The molecule has 0 amide bonds. The molecule has 0 fully saturated rings. The van der Waals surface area contributed by atoms with Crippen LogP contribution in [-0.2, 0) is 0 Å². The van der Waals surface area contributed by atoms with Gasteiger partial charge in [-0.2, -0.15) is 0 Å². The van der Waals surface area contributed by atoms with Gasteiger partial charge < -0.3 is 11.1 Å². The number of rotatable bonds is 2. The molecule has 0 saturated carbocycles. The lowest BCUT2D eigenvalue weighted by atomic mass is 10.8. The highest BCUT2D eigenvalue weighted by molar-refractivity contribution is 4.25. The average Bonchev–Trinajstić information content (AvgIpc) is 1.41. The van der Waals surface area contributed by atoms with Crippen molar-refractivity contribution in [1.29, 1.82) is 0 Å². The Morgan fingerprint density at radius 3 is 1.44 bits per heavy atom. The van der Waals surface area contributed by atoms with Crippen LogP contribution in [-0.4, -0.2) is 13.2 Å². The van der Waals surface area contributed by atoms with Gasteiger partial charge in [0.15, 0.2) is 0 Å². The highest BCUT2D eigenvalue weighted by Gasteiger charge is 1.62. The van der Waals surface area contributed by atoms with Gasteiger partial charge in [-0.05, 0) is 6.54 Å². The predicted molar refractivity (Wildman–Crippen MR) is 49.7 cm³/mol. The molecule has 0 unspecified atom stereocenters. The van der Waals surface area contributed by atoms with E-state index in [0.717, 1.165) is 6.54 Å². The Balaban J connectivity index is -0.0000000133. The average molecular weight is 138 g/mol. The van der Waals surface area contributed by atoms with Crippen molar-refractivity contribution in [3.05, 3.63) is 0 Å². The summed E-state index contributed by atoms with van der Waals surface area (Å²) < 4.78 is 0. The molecule has 0 rings (SSSR count). The van der Waals surface area contributed by atoms with E-state index in [1.807, 2.05) is 6.92 Å². The summed E-state index contributed by atoms with van der Waals surface area (Å²) in [5.41, 5.74) is 5.03. The Morgan fingerprint density at radius 2 is 1.44 bits per heavy atom. The molecule has 3 N–H and O–H groups in total. The van der Waals surface area contributed by atoms with Crippen LogP contribution in [0.15, 0.2) is 0 Å². The molecule has 64 valence electrons. The third-order valence-corrected chi connectivity index (χ3v) is 0.394. The molecule has 0 aliphatic heterocycles. The quantitative estimate of drug-likeness (QED) is 0.573. The Morgan fingerprint density at radius 1 is 1.11 bits per heavy atom. The van der Waals surface area contributed by atoms with E-state index in [-0.39, 0.29) is 29.7 Å². The maximum atomic E-state index is 5.03. The topological polar surface area (TPSA) is 38.0 Å². The van der Waals surface area contributed by atoms with Crippen LogP contribution in [0.1, 0.15) is 36.6 Å². The molecular formula is C7H26N2. The van der Waals surface area contributed by atoms with Gasteiger partial charge >= 0.3 is 0 Å². The van der Waals surface area contributed by atoms with Gasteiger partial charge in [0, 0.05) is 6.67 Å². The standard InChI is InChI=1S/C3H10N2.4CH4/c1-2-5-3-4;;;;/h5H,2-4H2,1H3;4*1H4. The van der Waals surface area contributed by atoms with Gasteiger partial charge in [-0.3, -0.25) is 0 Å². The Kier molecular flexibility index (Phi) is 180. The molecule has 0 heterocycles. The molecule has 0 aliphatic carbocycles. The van der Waals surface area contributed by atoms with Crippen LogP contribution in [0.3, 0.4) is 0 Å². The molecule has 0 aliphatic rings. The van der Waals surface area contributed by atoms with Crippen LogP contribution in [0.5, 0.6) is 0 Å². The van der Waals surface area contributed by atoms with Gasteiger partial charge in [0.05, 0.1) is 0 Å². The zero-order chi connectivity index (χ0) is 4.12. The second-order valence-electron chi connectivity index (χ2n) is 0.808. The van der Waals surface area contributed by atoms with E-state index in [2.05, 4.69) is 5.32 Å². The van der Waals surface area contributed by atoms with Gasteiger partial charge in [0.1, 0.15) is 0 Å². The number of hydrogen-bond acceptors (Lipinski definition) is 2. The fraction of sp³-hybridized carbons (Fsp3) is 1.00. The number of nitrogens with two attached hydrogens (primary N) is 1. The third kappa shape index (κ3) is 75.3. The number of nitrogens with one attached hydrogen (secondary N) is 1. The molecule has 0 saturated heterocycles. The largest absolute Gasteiger partial charge is 0.318 e. The van der Waals surface area contributed by atoms with Crippen molar-refractivity contribution in [3.8, 4) is 0 Å². The second-order valence-corrected chi connectivity index (χ2v) is 0.808. The van der Waals surface area contributed by atoms with Crippen LogP contribution < -0.4 is 11.1 Å². The first-order chi connectivity index (χ1) is 2.41. The first kappa shape index (κ1) is 36.4. The van der Waals surface area contributed by atoms with Crippen LogP contribution >= 0.6 is 0 Å². The third-order valence-electron chi connectivity index (χ3n) is 0.394. The molecule has 0 aromatic rings. The van der Waals surface area contributed by atoms with E-state index in [1.165, 1.54) is 0 Å². The minimum atomic E-state index is 0. The maximum Gasteiger partial charge on any atom is 0.0428 e. The van der Waals surface area contributed by atoms with E-state index < -0.39 is 0 Å². The lowest BCUT2D eigenvalue weighted by Gasteiger charge is -1.86. The molecule has 0 aromatic carbocycles. The minimum Gasteiger partial charge on any atom is -0.318 e. The maximum absolute atomic E-state index is 5.03. The molecule has 0 bridgehead atoms. The van der Waals surface area contributed by atoms with Crippen LogP contribution in [0.2, 0.25) is 0 Å². The fourth-order valence-electron chi connectivity index (χ4n) is 0.144. The molecule has 2 nitrogen and oxygen atoms in total. The van der Waals surface area contributed by atoms with E-state index in [4.69, 9.17) is 5.73 Å². The predicted octanol–water partition coefficient (Wildman–Crippen LogP) is 2.06. The van der Waals surface area contributed by atoms with E-state index in [1.54, 1.807) is 0 Å². The summed E-state index contributed by atoms with van der Waals surface area (Å²) in [6, 6.07) is 0. The van der Waals surface area contributed by atoms with Crippen LogP contribution in [0.25, 0.3) is 0 Å². The summed E-state index contributed by atoms with van der Waals surface area (Å²) in [6.45, 7) is 3.58. The van der Waals surface area contributed by atoms with Crippen molar-refractivity contribution in [2.24, 2.45) is 5.73 Å². The first-order valence-corrected chi connectivity index (χ1v) is 1.82. The van der Waals surface area contributed by atoms with Gasteiger partial charge in [0.2, 0.25) is 0 Å². The molecule has 9 heavy (non-hydrogen) atoms. The van der Waals surface area contributed by atoms with Crippen molar-refractivity contribution in [2.75, 3.05) is 13.2 Å². The lowest BCUT2D eigenvalue weighted by molar-refractivity contribution is 0.742. The zero-order valence-electron chi connectivity index (χ0n) is 3.49. The van der Waals surface area contributed by atoms with Crippen molar-refractivity contribution < 1.29 is 0 Å². The van der Waals surface area contributed by atoms with Crippen molar-refractivity contribution in [2.45, 2.75) is 36.6 Å². The van der Waals surface area contributed by atoms with Crippen molar-refractivity contribution >= 4 is 0 Å². The highest BCUT2D eigenvalue weighted by atomic mass is 14.9. The summed E-state index contributed by atoms with van der Waals surface area (Å²) in [5, 5.41) is 2.89. The van der Waals surface area contributed by atoms with Gasteiger partial charge in [-0.15, -0.1) is 0 Å². The van der Waals surface area contributed by atoms with E-state index in [9.17, 15) is 0 Å². The lowest BCUT2D eigenvalue weighted by Crippen LogP contribution is -2.21. The molecular weight excluding hydrogens is 112 g/mol. The molecule has 0 spiro atoms. The summed E-state index contributed by atoms with van der Waals surface area (Å²) >= 11 is 0. The van der Waals surface area contributed by atoms with Crippen molar-refractivity contribution in [3.63, 3.8) is 0 Å². The van der Waals surface area contributed by atoms with Gasteiger partial charge in [-0.1, -0.05) is 36.6 Å². The van der Waals surface area contributed by atoms with E-state index in [0.29, 0.717) is 6.67 Å². The minimum absolute atomic E-state index is 0. The SMILES string of the molecule is C.C.C.C.CCNCN. The van der Waals surface area contributed by atoms with Gasteiger partial charge in [0.25, 0.3) is 0 Å². The summed E-state index contributed by atoms with van der Waals surface area (Å²) in [5.74, 6) is 0. The van der Waals surface area contributed by atoms with Crippen LogP contribution in [0, 0.1) is 0 Å². The Labute approximate surface area is 61.8 Å². The fourth-order valence-corrected chi connectivity index (χ4v) is 0.144. The Bertz CT molecular complexity index is 14.4. The van der Waals surface area contributed by atoms with Gasteiger partial charge in [-0.25, -0.2) is 0 Å².